The van der Waals surface area contributed by atoms with Gasteiger partial charge in [0.25, 0.3) is 0 Å². The molecular weight excluding hydrogens is 274 g/mol. The number of nitrogens with one attached hydrogen (secondary N) is 2. The van der Waals surface area contributed by atoms with E-state index in [1.165, 1.54) is 0 Å². The number of guanidine groups is 1. The van der Waals surface area contributed by atoms with Crippen LogP contribution in [0.1, 0.15) is 33.3 Å². The Kier molecular flexibility index (Phi) is 8.11. The van der Waals surface area contributed by atoms with Crippen LogP contribution in [0.3, 0.4) is 0 Å². The molecule has 0 saturated carbocycles. The molecule has 0 aliphatic carbocycles. The van der Waals surface area contributed by atoms with Gasteiger partial charge in [0.15, 0.2) is 5.96 Å². The van der Waals surface area contributed by atoms with Crippen LogP contribution in [0.4, 0.5) is 0 Å². The average Bonchev–Trinajstić information content (AvgIpc) is 2.51. The molecule has 0 aliphatic heterocycles. The van der Waals surface area contributed by atoms with Gasteiger partial charge in [-0.2, -0.15) is 0 Å². The summed E-state index contributed by atoms with van der Waals surface area (Å²) >= 11 is 0. The van der Waals surface area contributed by atoms with Crippen LogP contribution >= 0.6 is 0 Å². The molecule has 0 spiro atoms. The number of benzene rings is 1. The number of ether oxygens (including phenoxy) is 1. The van der Waals surface area contributed by atoms with Crippen LogP contribution in [0.15, 0.2) is 41.9 Å². The molecule has 1 rings (SSSR count). The Bertz CT molecular complexity index is 483. The summed E-state index contributed by atoms with van der Waals surface area (Å²) in [7, 11) is 0. The van der Waals surface area contributed by atoms with Gasteiger partial charge in [0, 0.05) is 18.2 Å². The summed E-state index contributed by atoms with van der Waals surface area (Å²) in [5.41, 5.74) is 1.07. The van der Waals surface area contributed by atoms with E-state index in [-0.39, 0.29) is 0 Å². The largest absolute Gasteiger partial charge is 0.489 e. The minimum atomic E-state index is 0.366. The zero-order valence-electron chi connectivity index (χ0n) is 14.2. The zero-order valence-corrected chi connectivity index (χ0v) is 14.2. The third kappa shape index (κ3) is 6.20. The van der Waals surface area contributed by atoms with E-state index in [1.54, 1.807) is 6.08 Å². The third-order valence-electron chi connectivity index (χ3n) is 3.45. The normalized spacial score (nSPS) is 12.9. The highest BCUT2D eigenvalue weighted by molar-refractivity contribution is 5.80. The molecule has 0 saturated heterocycles. The van der Waals surface area contributed by atoms with Crippen molar-refractivity contribution in [1.29, 1.82) is 0 Å². The van der Waals surface area contributed by atoms with Crippen molar-refractivity contribution in [2.75, 3.05) is 13.2 Å². The maximum atomic E-state index is 5.67. The van der Waals surface area contributed by atoms with Crippen LogP contribution in [0.5, 0.6) is 5.75 Å². The first-order valence-electron chi connectivity index (χ1n) is 7.94. The summed E-state index contributed by atoms with van der Waals surface area (Å²) in [6.07, 6.45) is 1.75. The number of para-hydroxylation sites is 1. The van der Waals surface area contributed by atoms with Crippen molar-refractivity contribution in [3.05, 3.63) is 42.5 Å². The lowest BCUT2D eigenvalue weighted by Crippen LogP contribution is -2.44. The number of aliphatic imine (C=N–C) groups is 1. The van der Waals surface area contributed by atoms with E-state index in [1.807, 2.05) is 24.3 Å². The van der Waals surface area contributed by atoms with Crippen molar-refractivity contribution < 1.29 is 4.74 Å². The van der Waals surface area contributed by atoms with Crippen molar-refractivity contribution in [2.45, 2.75) is 40.3 Å². The Morgan fingerprint density at radius 2 is 2.05 bits per heavy atom. The van der Waals surface area contributed by atoms with Crippen molar-refractivity contribution in [2.24, 2.45) is 10.9 Å². The van der Waals surface area contributed by atoms with Crippen LogP contribution in [0.25, 0.3) is 0 Å². The molecule has 0 heterocycles. The van der Waals surface area contributed by atoms with E-state index in [0.717, 1.165) is 23.8 Å². The maximum Gasteiger partial charge on any atom is 0.191 e. The monoisotopic (exact) mass is 303 g/mol. The molecule has 4 nitrogen and oxygen atoms in total. The molecule has 122 valence electrons. The lowest BCUT2D eigenvalue weighted by Gasteiger charge is -2.20. The molecule has 4 heteroatoms. The Morgan fingerprint density at radius 1 is 1.32 bits per heavy atom. The number of hydrogen-bond acceptors (Lipinski definition) is 2. The highest BCUT2D eigenvalue weighted by Crippen LogP contribution is 2.18. The predicted octanol–water partition coefficient (Wildman–Crippen LogP) is 3.35. The molecule has 1 aromatic carbocycles. The number of hydrogen-bond donors (Lipinski definition) is 2. The minimum Gasteiger partial charge on any atom is -0.489 e. The fourth-order valence-electron chi connectivity index (χ4n) is 1.79. The lowest BCUT2D eigenvalue weighted by molar-refractivity contribution is 0.359. The van der Waals surface area contributed by atoms with Gasteiger partial charge in [-0.15, -0.1) is 0 Å². The summed E-state index contributed by atoms with van der Waals surface area (Å²) in [4.78, 5) is 4.66. The average molecular weight is 303 g/mol. The standard InChI is InChI=1S/C18H29N3O/c1-6-12-22-17-11-9-8-10-16(17)13-20-18(19-7-2)21-15(5)14(3)4/h6,8-11,14-15H,1,7,12-13H2,2-5H3,(H2,19,20,21). The van der Waals surface area contributed by atoms with E-state index in [2.05, 4.69) is 49.9 Å². The first-order valence-corrected chi connectivity index (χ1v) is 7.94. The molecule has 1 unspecified atom stereocenters. The molecule has 0 bridgehead atoms. The van der Waals surface area contributed by atoms with E-state index >= 15 is 0 Å². The molecule has 0 aromatic heterocycles. The fraction of sp³-hybridized carbons (Fsp3) is 0.500. The minimum absolute atomic E-state index is 0.366. The second kappa shape index (κ2) is 9.87. The van der Waals surface area contributed by atoms with E-state index < -0.39 is 0 Å². The fourth-order valence-corrected chi connectivity index (χ4v) is 1.79. The van der Waals surface area contributed by atoms with Gasteiger partial charge in [-0.1, -0.05) is 44.7 Å². The highest BCUT2D eigenvalue weighted by Gasteiger charge is 2.09. The van der Waals surface area contributed by atoms with Gasteiger partial charge in [0.05, 0.1) is 6.54 Å². The summed E-state index contributed by atoms with van der Waals surface area (Å²) in [6, 6.07) is 8.34. The molecule has 0 radical (unpaired) electrons. The first kappa shape index (κ1) is 18.1. The smallest absolute Gasteiger partial charge is 0.191 e. The molecule has 22 heavy (non-hydrogen) atoms. The van der Waals surface area contributed by atoms with Crippen LogP contribution in [-0.2, 0) is 6.54 Å². The van der Waals surface area contributed by atoms with Gasteiger partial charge in [0.2, 0.25) is 0 Å². The van der Waals surface area contributed by atoms with Gasteiger partial charge in [-0.05, 0) is 25.8 Å². The maximum absolute atomic E-state index is 5.67. The Morgan fingerprint density at radius 3 is 2.68 bits per heavy atom. The van der Waals surface area contributed by atoms with Gasteiger partial charge >= 0.3 is 0 Å². The summed E-state index contributed by atoms with van der Waals surface area (Å²) < 4.78 is 5.67. The van der Waals surface area contributed by atoms with Crippen molar-refractivity contribution >= 4 is 5.96 Å². The van der Waals surface area contributed by atoms with Crippen LogP contribution < -0.4 is 15.4 Å². The zero-order chi connectivity index (χ0) is 16.4. The second-order valence-corrected chi connectivity index (χ2v) is 5.58. The van der Waals surface area contributed by atoms with Crippen LogP contribution in [0, 0.1) is 5.92 Å². The molecule has 1 aromatic rings. The van der Waals surface area contributed by atoms with Gasteiger partial charge < -0.3 is 15.4 Å². The summed E-state index contributed by atoms with van der Waals surface area (Å²) in [5, 5.41) is 6.72. The molecule has 2 N–H and O–H groups in total. The quantitative estimate of drug-likeness (QED) is 0.440. The van der Waals surface area contributed by atoms with Gasteiger partial charge in [-0.3, -0.25) is 0 Å². The van der Waals surface area contributed by atoms with E-state index in [0.29, 0.717) is 25.1 Å². The van der Waals surface area contributed by atoms with Crippen molar-refractivity contribution in [3.63, 3.8) is 0 Å². The van der Waals surface area contributed by atoms with Crippen LogP contribution in [-0.4, -0.2) is 25.2 Å². The van der Waals surface area contributed by atoms with Gasteiger partial charge in [0.1, 0.15) is 12.4 Å². The van der Waals surface area contributed by atoms with Crippen LogP contribution in [0.2, 0.25) is 0 Å². The Balaban J connectivity index is 2.79. The van der Waals surface area contributed by atoms with Crippen molar-refractivity contribution in [3.8, 4) is 5.75 Å². The van der Waals surface area contributed by atoms with E-state index in [9.17, 15) is 0 Å². The molecular formula is C18H29N3O. The van der Waals surface area contributed by atoms with Gasteiger partial charge in [-0.25, -0.2) is 4.99 Å². The Hall–Kier alpha value is -1.97. The number of rotatable bonds is 8. The predicted molar refractivity (Wildman–Crippen MR) is 94.4 cm³/mol. The number of nitrogens with zero attached hydrogens (tertiary/aromatic N) is 1. The molecule has 0 fully saturated rings. The lowest BCUT2D eigenvalue weighted by atomic mass is 10.1. The van der Waals surface area contributed by atoms with Crippen molar-refractivity contribution in [1.82, 2.24) is 10.6 Å². The summed E-state index contributed by atoms with van der Waals surface area (Å²) in [5.74, 6) is 2.24. The molecule has 0 amide bonds. The highest BCUT2D eigenvalue weighted by atomic mass is 16.5. The van der Waals surface area contributed by atoms with E-state index in [4.69, 9.17) is 4.74 Å². The second-order valence-electron chi connectivity index (χ2n) is 5.58. The topological polar surface area (TPSA) is 45.6 Å². The third-order valence-corrected chi connectivity index (χ3v) is 3.45. The Labute approximate surface area is 134 Å². The SMILES string of the molecule is C=CCOc1ccccc1CN=C(NCC)NC(C)C(C)C. The summed E-state index contributed by atoms with van der Waals surface area (Å²) in [6.45, 7) is 14.2. The first-order chi connectivity index (χ1) is 10.6. The molecule has 0 aliphatic rings. The molecule has 1 atom stereocenters.